The molecule has 0 spiro atoms. The Labute approximate surface area is 137 Å². The lowest BCUT2D eigenvalue weighted by molar-refractivity contribution is 0.0471. The molecule has 6 N–H and O–H groups in total. The van der Waals surface area contributed by atoms with Gasteiger partial charge in [0.1, 0.15) is 0 Å². The smallest absolute Gasteiger partial charge is 0.384 e. The molecule has 1 saturated heterocycles. The molecule has 0 aromatic carbocycles. The second-order valence-corrected chi connectivity index (χ2v) is 10.6. The Hall–Kier alpha value is -0.320. The molecule has 14 heteroatoms. The van der Waals surface area contributed by atoms with E-state index in [0.29, 0.717) is 0 Å². The van der Waals surface area contributed by atoms with Crippen LogP contribution in [0, 0.1) is 0 Å². The molecule has 4 atom stereocenters. The SMILES string of the molecule is CC1CN(C(=O)OP(N)(O)=S)CC(C)N1C(=O)OP(N)(O)=S. The number of rotatable bonds is 2. The Morgan fingerprint density at radius 2 is 1.41 bits per heavy atom. The first-order chi connectivity index (χ1) is 9.80. The van der Waals surface area contributed by atoms with E-state index in [9.17, 15) is 19.4 Å². The van der Waals surface area contributed by atoms with Gasteiger partial charge in [0.15, 0.2) is 0 Å². The second kappa shape index (κ2) is 7.06. The molecule has 0 aliphatic carbocycles. The van der Waals surface area contributed by atoms with Crippen LogP contribution in [0.3, 0.4) is 0 Å². The van der Waals surface area contributed by atoms with E-state index in [1.54, 1.807) is 13.8 Å². The Bertz CT molecular complexity index is 539. The van der Waals surface area contributed by atoms with Crippen LogP contribution in [0.5, 0.6) is 0 Å². The zero-order valence-electron chi connectivity index (χ0n) is 11.9. The molecule has 10 nitrogen and oxygen atoms in total. The molecular weight excluding hydrogens is 374 g/mol. The van der Waals surface area contributed by atoms with Gasteiger partial charge in [-0.2, -0.15) is 0 Å². The molecule has 0 saturated carbocycles. The van der Waals surface area contributed by atoms with Crippen LogP contribution < -0.4 is 11.0 Å². The van der Waals surface area contributed by atoms with Crippen LogP contribution in [-0.4, -0.2) is 56.9 Å². The van der Waals surface area contributed by atoms with E-state index < -0.39 is 37.6 Å². The summed E-state index contributed by atoms with van der Waals surface area (Å²) in [7, 11) is 0. The summed E-state index contributed by atoms with van der Waals surface area (Å²) < 4.78 is 9.23. The molecule has 1 rings (SSSR count). The van der Waals surface area contributed by atoms with Gasteiger partial charge >= 0.3 is 25.5 Å². The number of carbonyl (C=O) groups excluding carboxylic acids is 2. The highest BCUT2D eigenvalue weighted by Gasteiger charge is 2.38. The van der Waals surface area contributed by atoms with Gasteiger partial charge < -0.3 is 23.7 Å². The van der Waals surface area contributed by atoms with Gasteiger partial charge in [-0.1, -0.05) is 0 Å². The van der Waals surface area contributed by atoms with Crippen LogP contribution in [0.25, 0.3) is 0 Å². The largest absolute Gasteiger partial charge is 0.416 e. The molecule has 1 fully saturated rings. The fourth-order valence-corrected chi connectivity index (χ4v) is 3.20. The van der Waals surface area contributed by atoms with Gasteiger partial charge in [0.2, 0.25) is 0 Å². The third-order valence-electron chi connectivity index (χ3n) is 2.81. The molecule has 1 aliphatic rings. The summed E-state index contributed by atoms with van der Waals surface area (Å²) in [5, 5.41) is 0. The van der Waals surface area contributed by atoms with Gasteiger partial charge in [-0.25, -0.2) is 20.6 Å². The Morgan fingerprint density at radius 3 is 1.77 bits per heavy atom. The molecule has 4 unspecified atom stereocenters. The van der Waals surface area contributed by atoms with Crippen LogP contribution in [0.2, 0.25) is 0 Å². The highest BCUT2D eigenvalue weighted by molar-refractivity contribution is 8.08. The molecule has 0 aromatic rings. The van der Waals surface area contributed by atoms with Crippen molar-refractivity contribution in [1.82, 2.24) is 9.80 Å². The van der Waals surface area contributed by atoms with Crippen molar-refractivity contribution in [2.45, 2.75) is 25.9 Å². The topological polar surface area (TPSA) is 152 Å². The third-order valence-corrected chi connectivity index (χ3v) is 4.09. The van der Waals surface area contributed by atoms with Gasteiger partial charge in [-0.05, 0) is 37.5 Å². The van der Waals surface area contributed by atoms with Crippen molar-refractivity contribution in [3.63, 3.8) is 0 Å². The van der Waals surface area contributed by atoms with Crippen molar-refractivity contribution < 1.29 is 28.4 Å². The number of amides is 2. The number of nitrogens with zero attached hydrogens (tertiary/aromatic N) is 2. The minimum Gasteiger partial charge on any atom is -0.384 e. The van der Waals surface area contributed by atoms with Crippen LogP contribution >= 0.6 is 13.3 Å². The maximum Gasteiger partial charge on any atom is 0.416 e. The Balaban J connectivity index is 2.77. The summed E-state index contributed by atoms with van der Waals surface area (Å²) in [5.41, 5.74) is 10.3. The van der Waals surface area contributed by atoms with E-state index in [1.165, 1.54) is 9.80 Å². The van der Waals surface area contributed by atoms with Crippen LogP contribution in [0.4, 0.5) is 9.59 Å². The standard InChI is InChI=1S/C8H18N4O6P2S2/c1-5-3-11(7(13)17-19(9,15)21)4-6(2)12(5)8(14)18-20(10,16)22/h5-6H,3-4H2,1-2H3,(H3,9,15,21)(H3,10,16,22). The van der Waals surface area contributed by atoms with Crippen molar-refractivity contribution in [3.05, 3.63) is 0 Å². The highest BCUT2D eigenvalue weighted by atomic mass is 32.5. The average molecular weight is 392 g/mol. The quantitative estimate of drug-likeness (QED) is 0.473. The molecule has 0 radical (unpaired) electrons. The number of carbonyl (C=O) groups is 2. The monoisotopic (exact) mass is 392 g/mol. The lowest BCUT2D eigenvalue weighted by atomic mass is 10.1. The fourth-order valence-electron chi connectivity index (χ4n) is 2.16. The van der Waals surface area contributed by atoms with Gasteiger partial charge in [-0.3, -0.25) is 4.90 Å². The lowest BCUT2D eigenvalue weighted by Gasteiger charge is -2.43. The van der Waals surface area contributed by atoms with E-state index in [0.717, 1.165) is 0 Å². The molecule has 2 amide bonds. The number of nitrogens with two attached hydrogens (primary N) is 2. The molecule has 22 heavy (non-hydrogen) atoms. The maximum atomic E-state index is 12.0. The summed E-state index contributed by atoms with van der Waals surface area (Å²) in [6, 6.07) is -0.917. The summed E-state index contributed by atoms with van der Waals surface area (Å²) >= 11 is 8.93. The van der Waals surface area contributed by atoms with E-state index in [4.69, 9.17) is 11.0 Å². The predicted octanol–water partition coefficient (Wildman–Crippen LogP) is 0.00520. The van der Waals surface area contributed by atoms with E-state index >= 15 is 0 Å². The number of hydrogen-bond donors (Lipinski definition) is 4. The van der Waals surface area contributed by atoms with E-state index in [2.05, 4.69) is 32.7 Å². The number of piperazine rings is 1. The Kier molecular flexibility index (Phi) is 6.33. The van der Waals surface area contributed by atoms with E-state index in [-0.39, 0.29) is 13.1 Å². The van der Waals surface area contributed by atoms with Crippen molar-refractivity contribution in [3.8, 4) is 0 Å². The first-order valence-corrected chi connectivity index (χ1v) is 11.5. The fraction of sp³-hybridized carbons (Fsp3) is 0.750. The normalized spacial score (nSPS) is 27.5. The molecule has 0 aromatic heterocycles. The summed E-state index contributed by atoms with van der Waals surface area (Å²) in [6.07, 6.45) is -1.71. The van der Waals surface area contributed by atoms with Crippen molar-refractivity contribution >= 4 is 49.1 Å². The molecular formula is C8H18N4O6P2S2. The van der Waals surface area contributed by atoms with Crippen LogP contribution in [0.15, 0.2) is 0 Å². The molecule has 128 valence electrons. The molecule has 1 heterocycles. The number of hydrogen-bond acceptors (Lipinski definition) is 6. The van der Waals surface area contributed by atoms with Crippen LogP contribution in [0.1, 0.15) is 13.8 Å². The predicted molar refractivity (Wildman–Crippen MR) is 86.7 cm³/mol. The van der Waals surface area contributed by atoms with E-state index in [1.807, 2.05) is 0 Å². The summed E-state index contributed by atoms with van der Waals surface area (Å²) in [6.45, 7) is -3.71. The summed E-state index contributed by atoms with van der Waals surface area (Å²) in [4.78, 5) is 44.8. The Morgan fingerprint density at radius 1 is 1.05 bits per heavy atom. The lowest BCUT2D eigenvalue weighted by Crippen LogP contribution is -2.59. The second-order valence-electron chi connectivity index (χ2n) is 4.85. The minimum absolute atomic E-state index is 0.104. The zero-order valence-corrected chi connectivity index (χ0v) is 15.3. The minimum atomic E-state index is -3.63. The van der Waals surface area contributed by atoms with Gasteiger partial charge in [0, 0.05) is 13.1 Å². The van der Waals surface area contributed by atoms with Gasteiger partial charge in [0.05, 0.1) is 12.1 Å². The van der Waals surface area contributed by atoms with Crippen molar-refractivity contribution in [2.75, 3.05) is 13.1 Å². The van der Waals surface area contributed by atoms with Gasteiger partial charge in [0.25, 0.3) is 0 Å². The maximum absolute atomic E-state index is 12.0. The third kappa shape index (κ3) is 6.05. The van der Waals surface area contributed by atoms with Crippen molar-refractivity contribution in [2.24, 2.45) is 11.0 Å². The van der Waals surface area contributed by atoms with Crippen LogP contribution in [-0.2, 0) is 32.7 Å². The summed E-state index contributed by atoms with van der Waals surface area (Å²) in [5.74, 6) is 0. The molecule has 1 aliphatic heterocycles. The molecule has 0 bridgehead atoms. The zero-order chi connectivity index (χ0) is 17.3. The van der Waals surface area contributed by atoms with Gasteiger partial charge in [-0.15, -0.1) is 0 Å². The average Bonchev–Trinajstić information content (AvgIpc) is 2.22. The first kappa shape index (κ1) is 19.7. The van der Waals surface area contributed by atoms with Crippen molar-refractivity contribution in [1.29, 1.82) is 0 Å². The highest BCUT2D eigenvalue weighted by Crippen LogP contribution is 2.35. The first-order valence-electron chi connectivity index (χ1n) is 6.03.